The number of rotatable bonds is 2. The number of nitrogens with one attached hydrogen (secondary N) is 1. The van der Waals surface area contributed by atoms with Crippen LogP contribution in [0.15, 0.2) is 24.3 Å². The van der Waals surface area contributed by atoms with Gasteiger partial charge in [-0.05, 0) is 37.9 Å². The average Bonchev–Trinajstić information content (AvgIpc) is 2.41. The summed E-state index contributed by atoms with van der Waals surface area (Å²) in [6, 6.07) is 9.32. The summed E-state index contributed by atoms with van der Waals surface area (Å²) < 4.78 is 5.61. The van der Waals surface area contributed by atoms with Gasteiger partial charge in [-0.2, -0.15) is 0 Å². The summed E-state index contributed by atoms with van der Waals surface area (Å²) in [7, 11) is 0. The number of morpholine rings is 1. The molecule has 0 spiro atoms. The molecule has 19 heavy (non-hydrogen) atoms. The highest BCUT2D eigenvalue weighted by molar-refractivity contribution is 5.32. The van der Waals surface area contributed by atoms with E-state index in [-0.39, 0.29) is 5.54 Å². The number of ether oxygens (including phenoxy) is 1. The Kier molecular flexibility index (Phi) is 3.61. The van der Waals surface area contributed by atoms with Crippen LogP contribution in [0.5, 0.6) is 0 Å². The van der Waals surface area contributed by atoms with Gasteiger partial charge < -0.3 is 10.1 Å². The Hall–Kier alpha value is -0.900. The summed E-state index contributed by atoms with van der Waals surface area (Å²) in [5.74, 6) is 0. The van der Waals surface area contributed by atoms with E-state index in [0.29, 0.717) is 6.04 Å². The third-order valence-corrected chi connectivity index (χ3v) is 4.44. The van der Waals surface area contributed by atoms with Gasteiger partial charge in [-0.25, -0.2) is 0 Å². The first-order valence-electron chi connectivity index (χ1n) is 7.31. The summed E-state index contributed by atoms with van der Waals surface area (Å²) in [4.78, 5) is 2.57. The first kappa shape index (κ1) is 13.1. The van der Waals surface area contributed by atoms with Crippen molar-refractivity contribution in [2.24, 2.45) is 0 Å². The summed E-state index contributed by atoms with van der Waals surface area (Å²) in [5, 5.41) is 3.68. The van der Waals surface area contributed by atoms with Crippen LogP contribution in [0.3, 0.4) is 0 Å². The second-order valence-electron chi connectivity index (χ2n) is 6.27. The van der Waals surface area contributed by atoms with E-state index < -0.39 is 0 Å². The Balaban J connectivity index is 1.77. The van der Waals surface area contributed by atoms with E-state index in [1.807, 2.05) is 0 Å². The maximum absolute atomic E-state index is 5.61. The zero-order valence-corrected chi connectivity index (χ0v) is 12.0. The van der Waals surface area contributed by atoms with E-state index in [1.165, 1.54) is 11.1 Å². The lowest BCUT2D eigenvalue weighted by molar-refractivity contribution is -0.0548. The van der Waals surface area contributed by atoms with Gasteiger partial charge in [-0.3, -0.25) is 4.90 Å². The highest BCUT2D eigenvalue weighted by Gasteiger charge is 2.33. The van der Waals surface area contributed by atoms with Crippen molar-refractivity contribution in [3.8, 4) is 0 Å². The lowest BCUT2D eigenvalue weighted by Crippen LogP contribution is -2.55. The molecule has 0 saturated carbocycles. The number of nitrogens with zero attached hydrogens (tertiary/aromatic N) is 1. The largest absolute Gasteiger partial charge is 0.378 e. The molecule has 1 unspecified atom stereocenters. The molecule has 0 bridgehead atoms. The Morgan fingerprint density at radius 2 is 2.21 bits per heavy atom. The standard InChI is InChI=1S/C16H24N2O/c1-16(2)12-19-10-9-18(16)11-15-14-6-4-3-5-13(14)7-8-17-15/h3-6,15,17H,7-12H2,1-2H3. The van der Waals surface area contributed by atoms with E-state index in [0.717, 1.165) is 39.3 Å². The monoisotopic (exact) mass is 260 g/mol. The first-order valence-corrected chi connectivity index (χ1v) is 7.31. The van der Waals surface area contributed by atoms with E-state index in [1.54, 1.807) is 0 Å². The Morgan fingerprint density at radius 1 is 1.37 bits per heavy atom. The Labute approximate surface area is 115 Å². The van der Waals surface area contributed by atoms with Gasteiger partial charge in [-0.15, -0.1) is 0 Å². The van der Waals surface area contributed by atoms with Crippen LogP contribution in [0.1, 0.15) is 31.0 Å². The second kappa shape index (κ2) is 5.23. The quantitative estimate of drug-likeness (QED) is 0.880. The average molecular weight is 260 g/mol. The molecule has 1 atom stereocenters. The Morgan fingerprint density at radius 3 is 3.05 bits per heavy atom. The van der Waals surface area contributed by atoms with Crippen LogP contribution >= 0.6 is 0 Å². The minimum absolute atomic E-state index is 0.145. The van der Waals surface area contributed by atoms with E-state index in [9.17, 15) is 0 Å². The molecule has 1 fully saturated rings. The maximum Gasteiger partial charge on any atom is 0.0645 e. The van der Waals surface area contributed by atoms with Crippen LogP contribution in [-0.4, -0.2) is 43.3 Å². The zero-order valence-electron chi connectivity index (χ0n) is 12.0. The van der Waals surface area contributed by atoms with Gasteiger partial charge in [0.05, 0.1) is 13.2 Å². The SMILES string of the molecule is CC1(C)COCCN1CC1NCCc2ccccc21. The molecule has 3 nitrogen and oxygen atoms in total. The summed E-state index contributed by atoms with van der Waals surface area (Å²) in [6.07, 6.45) is 1.15. The van der Waals surface area contributed by atoms with Gasteiger partial charge in [0.2, 0.25) is 0 Å². The molecule has 1 aromatic carbocycles. The molecule has 2 heterocycles. The zero-order chi connectivity index (χ0) is 13.3. The minimum Gasteiger partial charge on any atom is -0.378 e. The fourth-order valence-corrected chi connectivity index (χ4v) is 3.21. The summed E-state index contributed by atoms with van der Waals surface area (Å²) in [5.41, 5.74) is 3.14. The van der Waals surface area contributed by atoms with Crippen LogP contribution in [0.2, 0.25) is 0 Å². The first-order chi connectivity index (χ1) is 9.17. The Bertz CT molecular complexity index is 444. The number of fused-ring (bicyclic) bond motifs is 1. The molecule has 0 aromatic heterocycles. The lowest BCUT2D eigenvalue weighted by Gasteiger charge is -2.44. The van der Waals surface area contributed by atoms with Crippen molar-refractivity contribution < 1.29 is 4.74 Å². The maximum atomic E-state index is 5.61. The van der Waals surface area contributed by atoms with Crippen molar-refractivity contribution in [3.63, 3.8) is 0 Å². The molecule has 0 radical (unpaired) electrons. The molecule has 3 rings (SSSR count). The van der Waals surface area contributed by atoms with Gasteiger partial charge in [-0.1, -0.05) is 24.3 Å². The van der Waals surface area contributed by atoms with Crippen LogP contribution in [0.25, 0.3) is 0 Å². The lowest BCUT2D eigenvalue weighted by atomic mass is 9.92. The normalized spacial score (nSPS) is 26.9. The van der Waals surface area contributed by atoms with Gasteiger partial charge in [0.25, 0.3) is 0 Å². The second-order valence-corrected chi connectivity index (χ2v) is 6.27. The van der Waals surface area contributed by atoms with E-state index in [4.69, 9.17) is 4.74 Å². The van der Waals surface area contributed by atoms with Crippen LogP contribution in [0.4, 0.5) is 0 Å². The minimum atomic E-state index is 0.145. The van der Waals surface area contributed by atoms with Gasteiger partial charge in [0.15, 0.2) is 0 Å². The molecular formula is C16H24N2O. The molecule has 104 valence electrons. The summed E-state index contributed by atoms with van der Waals surface area (Å²) in [6.45, 7) is 9.45. The van der Waals surface area contributed by atoms with Crippen molar-refractivity contribution in [1.82, 2.24) is 10.2 Å². The molecule has 1 saturated heterocycles. The van der Waals surface area contributed by atoms with Crippen molar-refractivity contribution in [2.45, 2.75) is 31.8 Å². The smallest absolute Gasteiger partial charge is 0.0645 e. The van der Waals surface area contributed by atoms with Crippen LogP contribution in [0, 0.1) is 0 Å². The third kappa shape index (κ3) is 2.69. The number of benzene rings is 1. The number of hydrogen-bond donors (Lipinski definition) is 1. The predicted octanol–water partition coefficient (Wildman–Crippen LogP) is 1.98. The fraction of sp³-hybridized carbons (Fsp3) is 0.625. The van der Waals surface area contributed by atoms with Gasteiger partial charge in [0, 0.05) is 24.7 Å². The van der Waals surface area contributed by atoms with Crippen LogP contribution < -0.4 is 5.32 Å². The highest BCUT2D eigenvalue weighted by Crippen LogP contribution is 2.27. The van der Waals surface area contributed by atoms with Gasteiger partial charge >= 0.3 is 0 Å². The third-order valence-electron chi connectivity index (χ3n) is 4.44. The number of hydrogen-bond acceptors (Lipinski definition) is 3. The fourth-order valence-electron chi connectivity index (χ4n) is 3.21. The van der Waals surface area contributed by atoms with Crippen molar-refractivity contribution in [1.29, 1.82) is 0 Å². The molecule has 0 amide bonds. The van der Waals surface area contributed by atoms with Gasteiger partial charge in [0.1, 0.15) is 0 Å². The predicted molar refractivity (Wildman–Crippen MR) is 77.4 cm³/mol. The summed E-state index contributed by atoms with van der Waals surface area (Å²) >= 11 is 0. The van der Waals surface area contributed by atoms with E-state index in [2.05, 4.69) is 48.3 Å². The molecular weight excluding hydrogens is 236 g/mol. The molecule has 2 aliphatic heterocycles. The molecule has 0 aliphatic carbocycles. The van der Waals surface area contributed by atoms with Crippen molar-refractivity contribution in [3.05, 3.63) is 35.4 Å². The molecule has 1 N–H and O–H groups in total. The van der Waals surface area contributed by atoms with E-state index >= 15 is 0 Å². The molecule has 1 aromatic rings. The van der Waals surface area contributed by atoms with Crippen LogP contribution in [-0.2, 0) is 11.2 Å². The molecule has 2 aliphatic rings. The van der Waals surface area contributed by atoms with Crippen molar-refractivity contribution >= 4 is 0 Å². The highest BCUT2D eigenvalue weighted by atomic mass is 16.5. The van der Waals surface area contributed by atoms with Crippen molar-refractivity contribution in [2.75, 3.05) is 32.8 Å². The molecule has 3 heteroatoms. The topological polar surface area (TPSA) is 24.5 Å².